The Morgan fingerprint density at radius 1 is 1.07 bits per heavy atom. The lowest BCUT2D eigenvalue weighted by Gasteiger charge is -2.66. The molecule has 28 heavy (non-hydrogen) atoms. The van der Waals surface area contributed by atoms with Gasteiger partial charge in [0.1, 0.15) is 5.69 Å². The second-order valence-electron chi connectivity index (χ2n) is 9.73. The average molecular weight is 411 g/mol. The molecule has 0 amide bonds. The lowest BCUT2D eigenvalue weighted by Crippen LogP contribution is -2.74. The molecule has 152 valence electrons. The van der Waals surface area contributed by atoms with Gasteiger partial charge in [-0.25, -0.2) is 4.31 Å². The number of halogens is 3. The summed E-state index contributed by atoms with van der Waals surface area (Å²) in [7, 11) is 0. The molecular weight excluding hydrogens is 387 g/mol. The van der Waals surface area contributed by atoms with Gasteiger partial charge in [0.25, 0.3) is 0 Å². The Kier molecular flexibility index (Phi) is 3.77. The molecule has 6 rings (SSSR count). The van der Waals surface area contributed by atoms with Crippen molar-refractivity contribution >= 4 is 11.9 Å². The molecule has 0 N–H and O–H groups in total. The number of alkyl halides is 3. The van der Waals surface area contributed by atoms with E-state index in [1.807, 2.05) is 0 Å². The highest BCUT2D eigenvalue weighted by molar-refractivity contribution is 7.97. The maximum absolute atomic E-state index is 13.0. The van der Waals surface area contributed by atoms with Gasteiger partial charge in [0.15, 0.2) is 0 Å². The summed E-state index contributed by atoms with van der Waals surface area (Å²) in [5, 5.41) is 0. The topological polar surface area (TPSA) is 28.6 Å². The molecule has 2 aliphatic carbocycles. The zero-order valence-electron chi connectivity index (χ0n) is 15.7. The van der Waals surface area contributed by atoms with Crippen molar-refractivity contribution in [3.8, 4) is 0 Å². The van der Waals surface area contributed by atoms with Crippen LogP contribution in [0.15, 0.2) is 17.2 Å². The summed E-state index contributed by atoms with van der Waals surface area (Å²) in [5.74, 6) is 0.280. The Hall–Kier alpha value is -0.830. The number of pyridine rings is 1. The highest BCUT2D eigenvalue weighted by Gasteiger charge is 2.58. The Morgan fingerprint density at radius 2 is 1.79 bits per heavy atom. The first-order valence-electron chi connectivity index (χ1n) is 10.2. The third kappa shape index (κ3) is 2.90. The SMILES string of the molecule is FC(F)(F)c1cc(C2CC2)c(SN2CC3(C2)CN(C2CC4(COC4)C2)C3)cn1. The van der Waals surface area contributed by atoms with Crippen LogP contribution in [-0.2, 0) is 10.9 Å². The molecule has 2 saturated carbocycles. The first kappa shape index (κ1) is 18.0. The average Bonchev–Trinajstić information content (AvgIpc) is 3.31. The summed E-state index contributed by atoms with van der Waals surface area (Å²) < 4.78 is 46.7. The smallest absolute Gasteiger partial charge is 0.380 e. The molecule has 8 heteroatoms. The van der Waals surface area contributed by atoms with Gasteiger partial charge in [-0.15, -0.1) is 0 Å². The standard InChI is InChI=1S/C20H24F3N3OS/c21-20(22,23)17-3-15(13-1-2-13)16(6-24-17)28-26-9-19(10-26)7-25(8-19)14-4-18(5-14)11-27-12-18/h3,6,13-14H,1-2,4-5,7-12H2. The van der Waals surface area contributed by atoms with Gasteiger partial charge in [0.05, 0.1) is 13.2 Å². The summed E-state index contributed by atoms with van der Waals surface area (Å²) in [4.78, 5) is 7.23. The largest absolute Gasteiger partial charge is 0.433 e. The highest BCUT2D eigenvalue weighted by Crippen LogP contribution is 2.54. The van der Waals surface area contributed by atoms with E-state index in [0.717, 1.165) is 55.6 Å². The third-order valence-electron chi connectivity index (χ3n) is 7.20. The van der Waals surface area contributed by atoms with Crippen molar-refractivity contribution in [2.24, 2.45) is 10.8 Å². The van der Waals surface area contributed by atoms with E-state index in [-0.39, 0.29) is 5.92 Å². The van der Waals surface area contributed by atoms with E-state index in [4.69, 9.17) is 4.74 Å². The van der Waals surface area contributed by atoms with E-state index < -0.39 is 11.9 Å². The van der Waals surface area contributed by atoms with Crippen LogP contribution < -0.4 is 0 Å². The lowest BCUT2D eigenvalue weighted by atomic mass is 9.61. The monoisotopic (exact) mass is 411 g/mol. The summed E-state index contributed by atoms with van der Waals surface area (Å²) in [6, 6.07) is 2.02. The summed E-state index contributed by atoms with van der Waals surface area (Å²) >= 11 is 1.61. The molecule has 5 fully saturated rings. The van der Waals surface area contributed by atoms with Crippen molar-refractivity contribution in [1.29, 1.82) is 0 Å². The van der Waals surface area contributed by atoms with Crippen LogP contribution in [0, 0.1) is 10.8 Å². The number of ether oxygens (including phenoxy) is 1. The number of rotatable bonds is 4. The molecule has 0 unspecified atom stereocenters. The van der Waals surface area contributed by atoms with Crippen LogP contribution in [0.3, 0.4) is 0 Å². The fraction of sp³-hybridized carbons (Fsp3) is 0.750. The number of likely N-dealkylation sites (tertiary alicyclic amines) is 1. The molecule has 3 saturated heterocycles. The van der Waals surface area contributed by atoms with Crippen LogP contribution in [0.25, 0.3) is 0 Å². The first-order valence-corrected chi connectivity index (χ1v) is 10.9. The van der Waals surface area contributed by atoms with Crippen LogP contribution in [0.4, 0.5) is 13.2 Å². The summed E-state index contributed by atoms with van der Waals surface area (Å²) in [6.45, 7) is 6.31. The number of nitrogens with zero attached hydrogens (tertiary/aromatic N) is 3. The van der Waals surface area contributed by atoms with E-state index >= 15 is 0 Å². The minimum Gasteiger partial charge on any atom is -0.380 e. The van der Waals surface area contributed by atoms with Gasteiger partial charge in [0.2, 0.25) is 0 Å². The van der Waals surface area contributed by atoms with Crippen molar-refractivity contribution in [2.45, 2.75) is 48.7 Å². The molecule has 2 spiro atoms. The zero-order valence-corrected chi connectivity index (χ0v) is 16.5. The lowest BCUT2D eigenvalue weighted by molar-refractivity contribution is -0.211. The van der Waals surface area contributed by atoms with Gasteiger partial charge in [-0.1, -0.05) is 0 Å². The fourth-order valence-electron chi connectivity index (χ4n) is 5.41. The highest BCUT2D eigenvalue weighted by atomic mass is 32.2. The van der Waals surface area contributed by atoms with E-state index in [2.05, 4.69) is 14.2 Å². The van der Waals surface area contributed by atoms with Crippen LogP contribution in [0.1, 0.15) is 42.9 Å². The van der Waals surface area contributed by atoms with Crippen molar-refractivity contribution in [1.82, 2.24) is 14.2 Å². The van der Waals surface area contributed by atoms with Crippen molar-refractivity contribution < 1.29 is 17.9 Å². The molecule has 0 aromatic carbocycles. The van der Waals surface area contributed by atoms with Gasteiger partial charge >= 0.3 is 6.18 Å². The first-order chi connectivity index (χ1) is 13.3. The van der Waals surface area contributed by atoms with Crippen LogP contribution in [0.5, 0.6) is 0 Å². The third-order valence-corrected chi connectivity index (χ3v) is 8.26. The van der Waals surface area contributed by atoms with Crippen molar-refractivity contribution in [3.05, 3.63) is 23.5 Å². The van der Waals surface area contributed by atoms with Crippen molar-refractivity contribution in [3.63, 3.8) is 0 Å². The van der Waals surface area contributed by atoms with Gasteiger partial charge in [-0.2, -0.15) is 13.2 Å². The molecule has 4 heterocycles. The van der Waals surface area contributed by atoms with Crippen LogP contribution in [0.2, 0.25) is 0 Å². The fourth-order valence-corrected chi connectivity index (χ4v) is 6.79. The minimum atomic E-state index is -4.37. The summed E-state index contributed by atoms with van der Waals surface area (Å²) in [5.41, 5.74) is 1.00. The number of hydrogen-bond donors (Lipinski definition) is 0. The minimum absolute atomic E-state index is 0.280. The Bertz CT molecular complexity index is 786. The Morgan fingerprint density at radius 3 is 2.36 bits per heavy atom. The number of hydrogen-bond acceptors (Lipinski definition) is 5. The van der Waals surface area contributed by atoms with E-state index in [9.17, 15) is 13.2 Å². The second-order valence-corrected chi connectivity index (χ2v) is 10.9. The molecule has 4 nitrogen and oxygen atoms in total. The Balaban J connectivity index is 1.04. The normalized spacial score (nSPS) is 29.2. The molecule has 1 aromatic rings. The van der Waals surface area contributed by atoms with Gasteiger partial charge in [-0.05, 0) is 55.2 Å². The molecule has 0 bridgehead atoms. The maximum Gasteiger partial charge on any atom is 0.433 e. The van der Waals surface area contributed by atoms with E-state index in [1.54, 1.807) is 11.9 Å². The summed E-state index contributed by atoms with van der Waals surface area (Å²) in [6.07, 6.45) is 1.64. The molecule has 0 radical (unpaired) electrons. The van der Waals surface area contributed by atoms with Gasteiger partial charge in [-0.3, -0.25) is 9.88 Å². The van der Waals surface area contributed by atoms with E-state index in [0.29, 0.717) is 10.8 Å². The molecular formula is C20H24F3N3OS. The van der Waals surface area contributed by atoms with E-state index in [1.165, 1.54) is 38.2 Å². The van der Waals surface area contributed by atoms with Crippen LogP contribution in [-0.4, -0.2) is 59.6 Å². The Labute approximate surface area is 166 Å². The van der Waals surface area contributed by atoms with Crippen molar-refractivity contribution in [2.75, 3.05) is 39.4 Å². The molecule has 5 aliphatic rings. The second kappa shape index (κ2) is 5.86. The van der Waals surface area contributed by atoms with Crippen LogP contribution >= 0.6 is 11.9 Å². The van der Waals surface area contributed by atoms with Gasteiger partial charge < -0.3 is 4.74 Å². The zero-order chi connectivity index (χ0) is 19.1. The quantitative estimate of drug-likeness (QED) is 0.704. The molecule has 3 aliphatic heterocycles. The number of aromatic nitrogens is 1. The molecule has 1 aromatic heterocycles. The maximum atomic E-state index is 13.0. The molecule has 0 atom stereocenters. The van der Waals surface area contributed by atoms with Gasteiger partial charge in [0, 0.05) is 54.1 Å². The predicted molar refractivity (Wildman–Crippen MR) is 98.9 cm³/mol. The predicted octanol–water partition coefficient (Wildman–Crippen LogP) is 3.78.